The van der Waals surface area contributed by atoms with Crippen LogP contribution in [0.3, 0.4) is 0 Å². The van der Waals surface area contributed by atoms with Gasteiger partial charge in [-0.05, 0) is 37.1 Å². The number of hydrogen-bond acceptors (Lipinski definition) is 6. The minimum Gasteiger partial charge on any atom is -0.465 e. The zero-order valence-corrected chi connectivity index (χ0v) is 16.2. The third-order valence-corrected chi connectivity index (χ3v) is 5.44. The van der Waals surface area contributed by atoms with Gasteiger partial charge < -0.3 is 15.0 Å². The topological polar surface area (TPSA) is 88.6 Å². The van der Waals surface area contributed by atoms with Crippen LogP contribution in [-0.4, -0.2) is 47.9 Å². The van der Waals surface area contributed by atoms with Gasteiger partial charge in [-0.1, -0.05) is 22.9 Å². The maximum atomic E-state index is 12.6. The highest BCUT2D eigenvalue weighted by Gasteiger charge is 2.29. The van der Waals surface area contributed by atoms with E-state index < -0.39 is 5.97 Å². The first-order chi connectivity index (χ1) is 13.0. The lowest BCUT2D eigenvalue weighted by Crippen LogP contribution is -2.43. The van der Waals surface area contributed by atoms with Crippen LogP contribution in [0.1, 0.15) is 32.9 Å². The number of nitrogens with one attached hydrogen (secondary N) is 1. The van der Waals surface area contributed by atoms with E-state index in [2.05, 4.69) is 15.0 Å². The molecule has 0 saturated carbocycles. The van der Waals surface area contributed by atoms with Gasteiger partial charge in [-0.3, -0.25) is 9.59 Å². The van der Waals surface area contributed by atoms with Crippen LogP contribution >= 0.6 is 22.9 Å². The standard InChI is InChI=1S/C18H18ClN3O4S/c1-26-17(25)14-9-20-18(27-14)21-15(23)12-3-2-8-22(10-12)16(24)11-4-6-13(19)7-5-11/h4-7,9,12H,2-3,8,10H2,1H3,(H,20,21,23)/t12-/m1/s1. The van der Waals surface area contributed by atoms with E-state index in [9.17, 15) is 14.4 Å². The van der Waals surface area contributed by atoms with Crippen LogP contribution in [0.2, 0.25) is 5.02 Å². The lowest BCUT2D eigenvalue weighted by molar-refractivity contribution is -0.121. The predicted molar refractivity (Wildman–Crippen MR) is 102 cm³/mol. The van der Waals surface area contributed by atoms with E-state index >= 15 is 0 Å². The molecule has 2 amide bonds. The SMILES string of the molecule is COC(=O)c1cnc(NC(=O)[C@@H]2CCCN(C(=O)c3ccc(Cl)cc3)C2)s1. The lowest BCUT2D eigenvalue weighted by atomic mass is 9.96. The predicted octanol–water partition coefficient (Wildman–Crippen LogP) is 3.07. The normalized spacial score (nSPS) is 16.7. The third-order valence-electron chi connectivity index (χ3n) is 4.29. The van der Waals surface area contributed by atoms with Crippen molar-refractivity contribution in [2.45, 2.75) is 12.8 Å². The van der Waals surface area contributed by atoms with E-state index in [-0.39, 0.29) is 17.7 Å². The van der Waals surface area contributed by atoms with E-state index in [1.165, 1.54) is 13.3 Å². The summed E-state index contributed by atoms with van der Waals surface area (Å²) >= 11 is 6.92. The van der Waals surface area contributed by atoms with Crippen LogP contribution in [0.5, 0.6) is 0 Å². The van der Waals surface area contributed by atoms with Gasteiger partial charge in [-0.25, -0.2) is 9.78 Å². The van der Waals surface area contributed by atoms with Crippen LogP contribution in [0.4, 0.5) is 5.13 Å². The van der Waals surface area contributed by atoms with Gasteiger partial charge in [0.1, 0.15) is 4.88 Å². The number of rotatable bonds is 4. The number of carbonyl (C=O) groups excluding carboxylic acids is 3. The van der Waals surface area contributed by atoms with Crippen LogP contribution in [0.15, 0.2) is 30.5 Å². The summed E-state index contributed by atoms with van der Waals surface area (Å²) in [5, 5.41) is 3.62. The first kappa shape index (κ1) is 19.3. The summed E-state index contributed by atoms with van der Waals surface area (Å²) in [6.45, 7) is 0.942. The molecule has 1 aliphatic heterocycles. The van der Waals surface area contributed by atoms with E-state index in [0.29, 0.717) is 40.1 Å². The second-order valence-corrected chi connectivity index (χ2v) is 7.57. The molecule has 1 aliphatic rings. The van der Waals surface area contributed by atoms with Crippen LogP contribution < -0.4 is 5.32 Å². The van der Waals surface area contributed by atoms with Crippen molar-refractivity contribution >= 4 is 45.9 Å². The molecule has 0 aliphatic carbocycles. The summed E-state index contributed by atoms with van der Waals surface area (Å²) in [5.74, 6) is -1.16. The van der Waals surface area contributed by atoms with Gasteiger partial charge >= 0.3 is 5.97 Å². The van der Waals surface area contributed by atoms with Crippen LogP contribution in [-0.2, 0) is 9.53 Å². The zero-order chi connectivity index (χ0) is 19.4. The summed E-state index contributed by atoms with van der Waals surface area (Å²) < 4.78 is 4.63. The smallest absolute Gasteiger partial charge is 0.349 e. The molecule has 0 spiro atoms. The molecule has 142 valence electrons. The summed E-state index contributed by atoms with van der Waals surface area (Å²) in [4.78, 5) is 42.7. The molecule has 9 heteroatoms. The van der Waals surface area contributed by atoms with Crippen molar-refractivity contribution in [1.29, 1.82) is 0 Å². The number of aromatic nitrogens is 1. The molecule has 1 atom stereocenters. The van der Waals surface area contributed by atoms with E-state index in [4.69, 9.17) is 11.6 Å². The molecule has 1 N–H and O–H groups in total. The average molecular weight is 408 g/mol. The van der Waals surface area contributed by atoms with Crippen molar-refractivity contribution in [3.8, 4) is 0 Å². The average Bonchev–Trinajstić information content (AvgIpc) is 3.16. The lowest BCUT2D eigenvalue weighted by Gasteiger charge is -2.32. The Balaban J connectivity index is 1.62. The fourth-order valence-electron chi connectivity index (χ4n) is 2.88. The maximum Gasteiger partial charge on any atom is 0.349 e. The first-order valence-corrected chi connectivity index (χ1v) is 9.57. The Bertz CT molecular complexity index is 853. The Morgan fingerprint density at radius 2 is 2.04 bits per heavy atom. The number of esters is 1. The molecule has 2 aromatic rings. The number of amides is 2. The van der Waals surface area contributed by atoms with Gasteiger partial charge in [0.25, 0.3) is 5.91 Å². The van der Waals surface area contributed by atoms with Crippen molar-refractivity contribution in [2.24, 2.45) is 5.92 Å². The van der Waals surface area contributed by atoms with Crippen molar-refractivity contribution in [3.63, 3.8) is 0 Å². The third kappa shape index (κ3) is 4.64. The number of nitrogens with zero attached hydrogens (tertiary/aromatic N) is 2. The molecule has 1 aromatic heterocycles. The largest absolute Gasteiger partial charge is 0.465 e. The van der Waals surface area contributed by atoms with Gasteiger partial charge in [0.05, 0.1) is 19.2 Å². The van der Waals surface area contributed by atoms with Crippen LogP contribution in [0, 0.1) is 5.92 Å². The maximum absolute atomic E-state index is 12.6. The van der Waals surface area contributed by atoms with Crippen molar-refractivity contribution < 1.29 is 19.1 Å². The van der Waals surface area contributed by atoms with Gasteiger partial charge in [0.2, 0.25) is 5.91 Å². The molecule has 1 aromatic carbocycles. The number of likely N-dealkylation sites (tertiary alicyclic amines) is 1. The highest BCUT2D eigenvalue weighted by atomic mass is 35.5. The van der Waals surface area contributed by atoms with Crippen molar-refractivity contribution in [3.05, 3.63) is 45.9 Å². The second-order valence-electron chi connectivity index (χ2n) is 6.11. The fourth-order valence-corrected chi connectivity index (χ4v) is 3.75. The fraction of sp³-hybridized carbons (Fsp3) is 0.333. The number of piperidine rings is 1. The molecule has 0 bridgehead atoms. The Kier molecular flexibility index (Phi) is 6.08. The summed E-state index contributed by atoms with van der Waals surface area (Å²) in [6, 6.07) is 6.70. The van der Waals surface area contributed by atoms with Gasteiger partial charge in [-0.2, -0.15) is 0 Å². The Hall–Kier alpha value is -2.45. The zero-order valence-electron chi connectivity index (χ0n) is 14.6. The minimum absolute atomic E-state index is 0.119. The number of methoxy groups -OCH3 is 1. The Morgan fingerprint density at radius 1 is 1.30 bits per heavy atom. The molecule has 0 radical (unpaired) electrons. The highest BCUT2D eigenvalue weighted by Crippen LogP contribution is 2.23. The molecule has 7 nitrogen and oxygen atoms in total. The summed E-state index contributed by atoms with van der Waals surface area (Å²) in [5.41, 5.74) is 0.545. The number of hydrogen-bond donors (Lipinski definition) is 1. The number of carbonyl (C=O) groups is 3. The molecule has 0 unspecified atom stereocenters. The first-order valence-electron chi connectivity index (χ1n) is 8.38. The van der Waals surface area contributed by atoms with E-state index in [1.54, 1.807) is 29.2 Å². The number of halogens is 1. The highest BCUT2D eigenvalue weighted by molar-refractivity contribution is 7.17. The summed E-state index contributed by atoms with van der Waals surface area (Å²) in [7, 11) is 1.29. The molecule has 27 heavy (non-hydrogen) atoms. The van der Waals surface area contributed by atoms with E-state index in [1.807, 2.05) is 0 Å². The van der Waals surface area contributed by atoms with Gasteiger partial charge in [0, 0.05) is 23.7 Å². The molecule has 1 saturated heterocycles. The number of benzene rings is 1. The molecular weight excluding hydrogens is 390 g/mol. The Morgan fingerprint density at radius 3 is 2.74 bits per heavy atom. The van der Waals surface area contributed by atoms with Gasteiger partial charge in [0.15, 0.2) is 5.13 Å². The number of anilines is 1. The monoisotopic (exact) mass is 407 g/mol. The van der Waals surface area contributed by atoms with Gasteiger partial charge in [-0.15, -0.1) is 0 Å². The van der Waals surface area contributed by atoms with Crippen molar-refractivity contribution in [1.82, 2.24) is 9.88 Å². The quantitative estimate of drug-likeness (QED) is 0.787. The minimum atomic E-state index is -0.495. The van der Waals surface area contributed by atoms with Crippen LogP contribution in [0.25, 0.3) is 0 Å². The molecular formula is C18H18ClN3O4S. The summed E-state index contributed by atoms with van der Waals surface area (Å²) in [6.07, 6.45) is 2.79. The van der Waals surface area contributed by atoms with E-state index in [0.717, 1.165) is 17.8 Å². The molecule has 3 rings (SSSR count). The number of ether oxygens (including phenoxy) is 1. The second kappa shape index (κ2) is 8.49. The van der Waals surface area contributed by atoms with Crippen molar-refractivity contribution in [2.75, 3.05) is 25.5 Å². The Labute approximate surface area is 165 Å². The number of thiazole rings is 1. The molecule has 1 fully saturated rings. The molecule has 2 heterocycles.